The van der Waals surface area contributed by atoms with Crippen LogP contribution in [0.2, 0.25) is 0 Å². The summed E-state index contributed by atoms with van der Waals surface area (Å²) in [4.78, 5) is 23.3. The molecule has 6 nitrogen and oxygen atoms in total. The van der Waals surface area contributed by atoms with Crippen LogP contribution in [-0.4, -0.2) is 24.0 Å². The molecule has 0 saturated heterocycles. The molecule has 0 aliphatic rings. The molecule has 0 aliphatic heterocycles. The maximum absolute atomic E-state index is 11.9. The highest BCUT2D eigenvalue weighted by Gasteiger charge is 2.11. The van der Waals surface area contributed by atoms with Gasteiger partial charge in [-0.2, -0.15) is 0 Å². The fourth-order valence-corrected chi connectivity index (χ4v) is 1.97. The zero-order chi connectivity index (χ0) is 16.0. The minimum atomic E-state index is -0.389. The Kier molecular flexibility index (Phi) is 6.57. The molecule has 114 valence electrons. The number of halogens is 1. The van der Waals surface area contributed by atoms with Crippen molar-refractivity contribution in [1.82, 2.24) is 16.2 Å². The fourth-order valence-electron chi connectivity index (χ4n) is 1.28. The Balaban J connectivity index is 2.56. The van der Waals surface area contributed by atoms with Crippen LogP contribution in [0.1, 0.15) is 24.2 Å². The third-order valence-corrected chi connectivity index (χ3v) is 3.29. The molecule has 0 aliphatic carbocycles. The van der Waals surface area contributed by atoms with Crippen LogP contribution in [0.15, 0.2) is 22.7 Å². The number of rotatable bonds is 3. The number of thiocarbonyl (C=S) groups is 1. The first-order valence-electron chi connectivity index (χ1n) is 6.10. The number of hydrogen-bond donors (Lipinski definition) is 3. The molecule has 3 N–H and O–H groups in total. The van der Waals surface area contributed by atoms with E-state index in [1.807, 2.05) is 0 Å². The van der Waals surface area contributed by atoms with Gasteiger partial charge in [0.2, 0.25) is 5.91 Å². The Labute approximate surface area is 136 Å². The van der Waals surface area contributed by atoms with Crippen molar-refractivity contribution in [3.8, 4) is 5.75 Å². The maximum Gasteiger partial charge on any atom is 0.269 e. The number of carbonyl (C=O) groups excluding carboxylic acids is 2. The summed E-state index contributed by atoms with van der Waals surface area (Å²) in [5, 5.41) is 2.49. The quantitative estimate of drug-likeness (QED) is 0.555. The monoisotopic (exact) mass is 373 g/mol. The van der Waals surface area contributed by atoms with Gasteiger partial charge >= 0.3 is 0 Å². The standard InChI is InChI=1S/C13H16BrN3O3S/c1-7(2)11(18)15-13(21)17-16-12(19)8-4-5-10(20-3)9(14)6-8/h4-7H,1-3H3,(H,16,19)(H2,15,17,18,21). The van der Waals surface area contributed by atoms with Crippen LogP contribution in [0, 0.1) is 5.92 Å². The molecule has 2 amide bonds. The van der Waals surface area contributed by atoms with Crippen LogP contribution >= 0.6 is 28.1 Å². The van der Waals surface area contributed by atoms with Gasteiger partial charge in [-0.05, 0) is 46.3 Å². The molecule has 0 fully saturated rings. The number of benzene rings is 1. The summed E-state index contributed by atoms with van der Waals surface area (Å²) in [6.07, 6.45) is 0. The summed E-state index contributed by atoms with van der Waals surface area (Å²) < 4.78 is 5.74. The zero-order valence-electron chi connectivity index (χ0n) is 11.8. The lowest BCUT2D eigenvalue weighted by Gasteiger charge is -2.12. The Hall–Kier alpha value is -1.67. The average molecular weight is 374 g/mol. The molecule has 1 rings (SSSR count). The summed E-state index contributed by atoms with van der Waals surface area (Å²) in [7, 11) is 1.54. The first-order valence-corrected chi connectivity index (χ1v) is 7.30. The second kappa shape index (κ2) is 7.94. The number of nitrogens with one attached hydrogen (secondary N) is 3. The second-order valence-electron chi connectivity index (χ2n) is 4.40. The van der Waals surface area contributed by atoms with Gasteiger partial charge in [0.1, 0.15) is 5.75 Å². The van der Waals surface area contributed by atoms with Gasteiger partial charge in [0.25, 0.3) is 5.91 Å². The number of methoxy groups -OCH3 is 1. The molecule has 0 heterocycles. The minimum absolute atomic E-state index is 0.0367. The molecule has 0 spiro atoms. The normalized spacial score (nSPS) is 9.95. The van der Waals surface area contributed by atoms with E-state index in [1.54, 1.807) is 32.0 Å². The van der Waals surface area contributed by atoms with Crippen LogP contribution in [0.5, 0.6) is 5.75 Å². The second-order valence-corrected chi connectivity index (χ2v) is 5.66. The van der Waals surface area contributed by atoms with Gasteiger partial charge in [-0.3, -0.25) is 20.4 Å². The number of amides is 2. The van der Waals surface area contributed by atoms with Gasteiger partial charge < -0.3 is 10.1 Å². The molecule has 0 saturated carbocycles. The van der Waals surface area contributed by atoms with Crippen LogP contribution in [-0.2, 0) is 4.79 Å². The molecule has 0 unspecified atom stereocenters. The van der Waals surface area contributed by atoms with E-state index in [4.69, 9.17) is 17.0 Å². The van der Waals surface area contributed by atoms with Gasteiger partial charge in [0.15, 0.2) is 5.11 Å². The maximum atomic E-state index is 11.9. The van der Waals surface area contributed by atoms with E-state index in [-0.39, 0.29) is 22.8 Å². The summed E-state index contributed by atoms with van der Waals surface area (Å²) in [6.45, 7) is 3.48. The minimum Gasteiger partial charge on any atom is -0.496 e. The third kappa shape index (κ3) is 5.31. The molecular formula is C13H16BrN3O3S. The van der Waals surface area contributed by atoms with Crippen LogP contribution in [0.3, 0.4) is 0 Å². The van der Waals surface area contributed by atoms with Crippen molar-refractivity contribution in [2.75, 3.05) is 7.11 Å². The van der Waals surface area contributed by atoms with E-state index in [0.717, 1.165) is 0 Å². The van der Waals surface area contributed by atoms with Crippen molar-refractivity contribution < 1.29 is 14.3 Å². The molecule has 0 atom stereocenters. The lowest BCUT2D eigenvalue weighted by Crippen LogP contribution is -2.49. The summed E-state index contributed by atoms with van der Waals surface area (Å²) >= 11 is 8.19. The zero-order valence-corrected chi connectivity index (χ0v) is 14.2. The molecular weight excluding hydrogens is 358 g/mol. The topological polar surface area (TPSA) is 79.5 Å². The molecule has 0 aromatic heterocycles. The summed E-state index contributed by atoms with van der Waals surface area (Å²) in [5.74, 6) is -0.189. The van der Waals surface area contributed by atoms with Crippen LogP contribution in [0.25, 0.3) is 0 Å². The van der Waals surface area contributed by atoms with Crippen molar-refractivity contribution in [2.45, 2.75) is 13.8 Å². The third-order valence-electron chi connectivity index (χ3n) is 2.46. The number of hydrazine groups is 1. The van der Waals surface area contributed by atoms with E-state index in [2.05, 4.69) is 32.1 Å². The first kappa shape index (κ1) is 17.4. The van der Waals surface area contributed by atoms with Gasteiger partial charge in [-0.15, -0.1) is 0 Å². The van der Waals surface area contributed by atoms with E-state index in [9.17, 15) is 9.59 Å². The average Bonchev–Trinajstić information content (AvgIpc) is 2.44. The predicted molar refractivity (Wildman–Crippen MR) is 86.9 cm³/mol. The van der Waals surface area contributed by atoms with Crippen molar-refractivity contribution in [1.29, 1.82) is 0 Å². The highest BCUT2D eigenvalue weighted by Crippen LogP contribution is 2.25. The highest BCUT2D eigenvalue weighted by atomic mass is 79.9. The number of ether oxygens (including phenoxy) is 1. The van der Waals surface area contributed by atoms with Gasteiger partial charge in [-0.1, -0.05) is 13.8 Å². The Morgan fingerprint density at radius 2 is 1.95 bits per heavy atom. The lowest BCUT2D eigenvalue weighted by atomic mass is 10.2. The highest BCUT2D eigenvalue weighted by molar-refractivity contribution is 9.10. The van der Waals surface area contributed by atoms with Crippen molar-refractivity contribution >= 4 is 45.1 Å². The van der Waals surface area contributed by atoms with Gasteiger partial charge in [-0.25, -0.2) is 0 Å². The first-order chi connectivity index (χ1) is 9.85. The Bertz CT molecular complexity index is 564. The Morgan fingerprint density at radius 3 is 2.48 bits per heavy atom. The van der Waals surface area contributed by atoms with Gasteiger partial charge in [0.05, 0.1) is 11.6 Å². The number of carbonyl (C=O) groups is 2. The Morgan fingerprint density at radius 1 is 1.29 bits per heavy atom. The van der Waals surface area contributed by atoms with E-state index in [1.165, 1.54) is 7.11 Å². The molecule has 1 aromatic carbocycles. The fraction of sp³-hybridized carbons (Fsp3) is 0.308. The largest absolute Gasteiger partial charge is 0.496 e. The molecule has 21 heavy (non-hydrogen) atoms. The summed E-state index contributed by atoms with van der Waals surface area (Å²) in [6, 6.07) is 4.89. The predicted octanol–water partition coefficient (Wildman–Crippen LogP) is 1.75. The van der Waals surface area contributed by atoms with Crippen LogP contribution < -0.4 is 20.9 Å². The van der Waals surface area contributed by atoms with Crippen molar-refractivity contribution in [3.63, 3.8) is 0 Å². The molecule has 0 bridgehead atoms. The molecule has 8 heteroatoms. The number of hydrogen-bond acceptors (Lipinski definition) is 4. The van der Waals surface area contributed by atoms with Crippen molar-refractivity contribution in [3.05, 3.63) is 28.2 Å². The van der Waals surface area contributed by atoms with E-state index < -0.39 is 0 Å². The molecule has 1 aromatic rings. The van der Waals surface area contributed by atoms with E-state index >= 15 is 0 Å². The molecule has 0 radical (unpaired) electrons. The van der Waals surface area contributed by atoms with Gasteiger partial charge in [0, 0.05) is 11.5 Å². The van der Waals surface area contributed by atoms with Crippen LogP contribution in [0.4, 0.5) is 0 Å². The SMILES string of the molecule is COc1ccc(C(=O)NNC(=S)NC(=O)C(C)C)cc1Br. The van der Waals surface area contributed by atoms with E-state index in [0.29, 0.717) is 15.8 Å². The van der Waals surface area contributed by atoms with Crippen molar-refractivity contribution in [2.24, 2.45) is 5.92 Å². The summed E-state index contributed by atoms with van der Waals surface area (Å²) in [5.41, 5.74) is 5.28. The lowest BCUT2D eigenvalue weighted by molar-refractivity contribution is -0.122. The smallest absolute Gasteiger partial charge is 0.269 e.